The van der Waals surface area contributed by atoms with Gasteiger partial charge in [-0.25, -0.2) is 4.39 Å². The van der Waals surface area contributed by atoms with Gasteiger partial charge < -0.3 is 10.2 Å². The van der Waals surface area contributed by atoms with Crippen LogP contribution in [0.3, 0.4) is 0 Å². The van der Waals surface area contributed by atoms with Crippen molar-refractivity contribution in [2.45, 2.75) is 26.1 Å². The van der Waals surface area contributed by atoms with Crippen LogP contribution in [0.4, 0.5) is 17.6 Å². The minimum atomic E-state index is -4.64. The summed E-state index contributed by atoms with van der Waals surface area (Å²) >= 11 is 0. The summed E-state index contributed by atoms with van der Waals surface area (Å²) in [4.78, 5) is 16.4. The van der Waals surface area contributed by atoms with Crippen molar-refractivity contribution in [2.75, 3.05) is 0 Å². The number of benzene rings is 1. The van der Waals surface area contributed by atoms with Crippen molar-refractivity contribution in [1.82, 2.24) is 4.98 Å². The predicted molar refractivity (Wildman–Crippen MR) is 88.0 cm³/mol. The van der Waals surface area contributed by atoms with Crippen LogP contribution in [0.1, 0.15) is 29.7 Å². The fourth-order valence-corrected chi connectivity index (χ4v) is 2.73. The molecule has 2 N–H and O–H groups in total. The Hall–Kier alpha value is -2.74. The molecule has 2 heterocycles. The molecule has 1 atom stereocenters. The molecule has 0 saturated carbocycles. The van der Waals surface area contributed by atoms with Gasteiger partial charge in [-0.1, -0.05) is 0 Å². The van der Waals surface area contributed by atoms with Crippen molar-refractivity contribution >= 4 is 11.0 Å². The molecule has 3 rings (SSSR count). The van der Waals surface area contributed by atoms with Crippen molar-refractivity contribution in [3.63, 3.8) is 0 Å². The quantitative estimate of drug-likeness (QED) is 0.685. The molecule has 2 aromatic heterocycles. The van der Waals surface area contributed by atoms with E-state index < -0.39 is 29.0 Å². The molecule has 8 heteroatoms. The lowest BCUT2D eigenvalue weighted by atomic mass is 9.99. The minimum absolute atomic E-state index is 0.0381. The molecule has 0 aliphatic heterocycles. The number of pyridine rings is 1. The molecular formula is C18H14F4N2O2. The van der Waals surface area contributed by atoms with E-state index in [9.17, 15) is 22.4 Å². The maximum absolute atomic E-state index is 13.5. The van der Waals surface area contributed by atoms with Gasteiger partial charge in [0.15, 0.2) is 5.43 Å². The highest BCUT2D eigenvalue weighted by molar-refractivity contribution is 5.84. The number of hydrogen-bond donors (Lipinski definition) is 1. The predicted octanol–water partition coefficient (Wildman–Crippen LogP) is 4.34. The summed E-state index contributed by atoms with van der Waals surface area (Å²) in [5.41, 5.74) is 4.42. The molecule has 0 aliphatic carbocycles. The molecule has 0 saturated heterocycles. The third-order valence-corrected chi connectivity index (χ3v) is 4.03. The summed E-state index contributed by atoms with van der Waals surface area (Å²) in [7, 11) is 0. The van der Waals surface area contributed by atoms with Crippen LogP contribution in [0.2, 0.25) is 0 Å². The molecule has 0 bridgehead atoms. The number of nitrogens with zero attached hydrogens (tertiary/aromatic N) is 1. The lowest BCUT2D eigenvalue weighted by Gasteiger charge is -2.15. The van der Waals surface area contributed by atoms with Gasteiger partial charge in [0.1, 0.15) is 17.2 Å². The van der Waals surface area contributed by atoms with E-state index in [1.165, 1.54) is 20.0 Å². The van der Waals surface area contributed by atoms with Gasteiger partial charge >= 0.3 is 6.18 Å². The first kappa shape index (κ1) is 18.1. The standard InChI is InChI=1S/C18H14F4N2O2/c1-8-15(25)14-5-11(18(20,21)22)4-13(9(2)23)17(14)26-16(8)10-3-12(19)7-24-6-10/h3-7,9H,23H2,1-2H3. The Bertz CT molecular complexity index is 1060. The lowest BCUT2D eigenvalue weighted by Crippen LogP contribution is -2.15. The number of rotatable bonds is 2. The third-order valence-electron chi connectivity index (χ3n) is 4.03. The van der Waals surface area contributed by atoms with Crippen molar-refractivity contribution in [3.8, 4) is 11.3 Å². The van der Waals surface area contributed by atoms with Crippen LogP contribution in [-0.2, 0) is 6.18 Å². The number of halogens is 4. The smallest absolute Gasteiger partial charge is 0.416 e. The average molecular weight is 366 g/mol. The van der Waals surface area contributed by atoms with Crippen molar-refractivity contribution in [3.05, 3.63) is 63.3 Å². The van der Waals surface area contributed by atoms with Crippen LogP contribution in [-0.4, -0.2) is 4.98 Å². The van der Waals surface area contributed by atoms with E-state index in [0.29, 0.717) is 0 Å². The fourth-order valence-electron chi connectivity index (χ4n) is 2.73. The van der Waals surface area contributed by atoms with Crippen molar-refractivity contribution in [2.24, 2.45) is 5.73 Å². The summed E-state index contributed by atoms with van der Waals surface area (Å²) in [6.07, 6.45) is -2.35. The maximum atomic E-state index is 13.5. The Morgan fingerprint density at radius 3 is 2.46 bits per heavy atom. The fraction of sp³-hybridized carbons (Fsp3) is 0.222. The van der Waals surface area contributed by atoms with Gasteiger partial charge in [0.05, 0.1) is 17.1 Å². The van der Waals surface area contributed by atoms with Crippen LogP contribution in [0.25, 0.3) is 22.3 Å². The van der Waals surface area contributed by atoms with E-state index in [2.05, 4.69) is 4.98 Å². The van der Waals surface area contributed by atoms with Crippen LogP contribution < -0.4 is 11.2 Å². The Balaban J connectivity index is 2.42. The zero-order valence-corrected chi connectivity index (χ0v) is 13.8. The molecule has 0 fully saturated rings. The van der Waals surface area contributed by atoms with Gasteiger partial charge in [-0.05, 0) is 32.0 Å². The van der Waals surface area contributed by atoms with Gasteiger partial charge in [-0.3, -0.25) is 9.78 Å². The van der Waals surface area contributed by atoms with Crippen LogP contribution in [0.5, 0.6) is 0 Å². The molecule has 136 valence electrons. The largest absolute Gasteiger partial charge is 0.455 e. The minimum Gasteiger partial charge on any atom is -0.455 e. The van der Waals surface area contributed by atoms with Gasteiger partial charge in [0.2, 0.25) is 0 Å². The average Bonchev–Trinajstić information content (AvgIpc) is 2.56. The van der Waals surface area contributed by atoms with Crippen molar-refractivity contribution < 1.29 is 22.0 Å². The summed E-state index contributed by atoms with van der Waals surface area (Å²) in [5, 5.41) is -0.224. The number of aromatic nitrogens is 1. The molecule has 26 heavy (non-hydrogen) atoms. The normalized spacial score (nSPS) is 13.2. The van der Waals surface area contributed by atoms with E-state index in [4.69, 9.17) is 10.2 Å². The molecule has 1 aromatic carbocycles. The van der Waals surface area contributed by atoms with Gasteiger partial charge in [-0.15, -0.1) is 0 Å². The molecule has 4 nitrogen and oxygen atoms in total. The third kappa shape index (κ3) is 3.08. The van der Waals surface area contributed by atoms with E-state index >= 15 is 0 Å². The maximum Gasteiger partial charge on any atom is 0.416 e. The molecule has 3 aromatic rings. The molecule has 0 radical (unpaired) electrons. The summed E-state index contributed by atoms with van der Waals surface area (Å²) < 4.78 is 58.7. The van der Waals surface area contributed by atoms with Crippen LogP contribution in [0.15, 0.2) is 39.8 Å². The second kappa shape index (κ2) is 6.21. The Morgan fingerprint density at radius 1 is 1.19 bits per heavy atom. The SMILES string of the molecule is Cc1c(-c2cncc(F)c2)oc2c(C(C)N)cc(C(F)(F)F)cc2c1=O. The van der Waals surface area contributed by atoms with Gasteiger partial charge in [0, 0.05) is 28.9 Å². The summed E-state index contributed by atoms with van der Waals surface area (Å²) in [6.45, 7) is 2.88. The molecule has 1 unspecified atom stereocenters. The Labute approximate surface area is 145 Å². The molecule has 0 amide bonds. The highest BCUT2D eigenvalue weighted by Gasteiger charge is 2.33. The number of alkyl halides is 3. The van der Waals surface area contributed by atoms with Gasteiger partial charge in [-0.2, -0.15) is 13.2 Å². The summed E-state index contributed by atoms with van der Waals surface area (Å²) in [5.74, 6) is -0.597. The number of fused-ring (bicyclic) bond motifs is 1. The zero-order valence-electron chi connectivity index (χ0n) is 13.8. The van der Waals surface area contributed by atoms with E-state index in [-0.39, 0.29) is 33.4 Å². The Kier molecular flexibility index (Phi) is 4.31. The second-order valence-corrected chi connectivity index (χ2v) is 6.01. The zero-order chi connectivity index (χ0) is 19.2. The highest BCUT2D eigenvalue weighted by atomic mass is 19.4. The first-order valence-corrected chi connectivity index (χ1v) is 7.64. The number of hydrogen-bond acceptors (Lipinski definition) is 4. The molecular weight excluding hydrogens is 352 g/mol. The van der Waals surface area contributed by atoms with E-state index in [1.54, 1.807) is 0 Å². The van der Waals surface area contributed by atoms with Crippen molar-refractivity contribution in [1.29, 1.82) is 0 Å². The first-order valence-electron chi connectivity index (χ1n) is 7.64. The van der Waals surface area contributed by atoms with Crippen LogP contribution >= 0.6 is 0 Å². The Morgan fingerprint density at radius 2 is 1.88 bits per heavy atom. The highest BCUT2D eigenvalue weighted by Crippen LogP contribution is 2.36. The van der Waals surface area contributed by atoms with E-state index in [1.807, 2.05) is 0 Å². The second-order valence-electron chi connectivity index (χ2n) is 6.01. The summed E-state index contributed by atoms with van der Waals surface area (Å²) in [6, 6.07) is 1.91. The van der Waals surface area contributed by atoms with Crippen LogP contribution in [0, 0.1) is 12.7 Å². The first-order chi connectivity index (χ1) is 12.1. The molecule has 0 spiro atoms. The number of nitrogens with two attached hydrogens (primary N) is 1. The van der Waals surface area contributed by atoms with E-state index in [0.717, 1.165) is 24.4 Å². The van der Waals surface area contributed by atoms with Gasteiger partial charge in [0.25, 0.3) is 0 Å². The molecule has 0 aliphatic rings. The topological polar surface area (TPSA) is 69.1 Å². The monoisotopic (exact) mass is 366 g/mol. The lowest BCUT2D eigenvalue weighted by molar-refractivity contribution is -0.137.